The van der Waals surface area contributed by atoms with E-state index in [0.717, 1.165) is 6.54 Å². The molecule has 0 bridgehead atoms. The van der Waals surface area contributed by atoms with Crippen molar-refractivity contribution in [1.29, 1.82) is 0 Å². The number of nitrogens with two attached hydrogens (primary N) is 1. The van der Waals surface area contributed by atoms with Gasteiger partial charge in [0.25, 0.3) is 0 Å². The van der Waals surface area contributed by atoms with Crippen LogP contribution in [0.15, 0.2) is 46.9 Å². The maximum atomic E-state index is 5.71. The van der Waals surface area contributed by atoms with Gasteiger partial charge in [-0.2, -0.15) is 0 Å². The van der Waals surface area contributed by atoms with Gasteiger partial charge in [0.15, 0.2) is 0 Å². The van der Waals surface area contributed by atoms with E-state index in [1.807, 2.05) is 0 Å². The number of halogens is 1. The molecule has 0 aliphatic rings. The number of para-hydroxylation sites is 1. The highest BCUT2D eigenvalue weighted by Gasteiger charge is 2.12. The van der Waals surface area contributed by atoms with E-state index < -0.39 is 0 Å². The molecule has 0 aliphatic heterocycles. The number of fused-ring (bicyclic) bond motifs is 1. The van der Waals surface area contributed by atoms with Gasteiger partial charge >= 0.3 is 0 Å². The van der Waals surface area contributed by atoms with Gasteiger partial charge in [-0.3, -0.25) is 0 Å². The lowest BCUT2D eigenvalue weighted by molar-refractivity contribution is 0.796. The molecule has 0 unspecified atom stereocenters. The summed E-state index contributed by atoms with van der Waals surface area (Å²) in [6, 6.07) is 15.0. The first-order valence-corrected chi connectivity index (χ1v) is 7.93. The van der Waals surface area contributed by atoms with E-state index in [-0.39, 0.29) is 0 Å². The quantitative estimate of drug-likeness (QED) is 0.744. The van der Waals surface area contributed by atoms with Gasteiger partial charge in [-0.25, -0.2) is 0 Å². The molecule has 1 aromatic heterocycles. The summed E-state index contributed by atoms with van der Waals surface area (Å²) in [5, 5.41) is 1.27. The smallest absolute Gasteiger partial charge is 0.0497 e. The molecule has 0 atom stereocenters. The molecule has 2 N–H and O–H groups in total. The average Bonchev–Trinajstić information content (AvgIpc) is 2.74. The molecule has 2 aromatic carbocycles. The van der Waals surface area contributed by atoms with Gasteiger partial charge in [-0.15, -0.1) is 0 Å². The summed E-state index contributed by atoms with van der Waals surface area (Å²) in [4.78, 5) is 0. The topological polar surface area (TPSA) is 30.9 Å². The molecule has 108 valence electrons. The maximum Gasteiger partial charge on any atom is 0.0497 e. The number of aryl methyl sites for hydroxylation is 1. The predicted molar refractivity (Wildman–Crippen MR) is 92.5 cm³/mol. The fourth-order valence-corrected chi connectivity index (χ4v) is 3.37. The largest absolute Gasteiger partial charge is 0.339 e. The van der Waals surface area contributed by atoms with Crippen LogP contribution in [-0.4, -0.2) is 4.57 Å². The third-order valence-corrected chi connectivity index (χ3v) is 5.13. The lowest BCUT2D eigenvalue weighted by Crippen LogP contribution is -2.04. The Hall–Kier alpha value is -1.58. The van der Waals surface area contributed by atoms with Crippen molar-refractivity contribution < 1.29 is 0 Å². The standard InChI is InChI=1S/C18H19BrN2/c1-12-9-14(10-20)7-8-15(12)11-21-13(2)18(19)16-5-3-4-6-17(16)21/h3-9H,10-11,20H2,1-2H3. The summed E-state index contributed by atoms with van der Waals surface area (Å²) < 4.78 is 3.55. The Labute approximate surface area is 133 Å². The second-order valence-electron chi connectivity index (χ2n) is 5.47. The molecule has 0 amide bonds. The van der Waals surface area contributed by atoms with Gasteiger partial charge in [-0.05, 0) is 52.5 Å². The second kappa shape index (κ2) is 5.66. The van der Waals surface area contributed by atoms with Gasteiger partial charge in [0.1, 0.15) is 0 Å². The van der Waals surface area contributed by atoms with Gasteiger partial charge in [-0.1, -0.05) is 36.4 Å². The van der Waals surface area contributed by atoms with Crippen LogP contribution in [-0.2, 0) is 13.1 Å². The van der Waals surface area contributed by atoms with Crippen LogP contribution in [0.1, 0.15) is 22.4 Å². The van der Waals surface area contributed by atoms with E-state index >= 15 is 0 Å². The minimum absolute atomic E-state index is 0.595. The lowest BCUT2D eigenvalue weighted by Gasteiger charge is -2.12. The molecule has 3 aromatic rings. The van der Waals surface area contributed by atoms with Crippen LogP contribution >= 0.6 is 15.9 Å². The molecule has 0 radical (unpaired) electrons. The molecular weight excluding hydrogens is 324 g/mol. The molecule has 0 spiro atoms. The summed E-state index contributed by atoms with van der Waals surface area (Å²) in [5.41, 5.74) is 12.1. The molecule has 0 fully saturated rings. The first-order chi connectivity index (χ1) is 10.1. The van der Waals surface area contributed by atoms with E-state index in [1.165, 1.54) is 37.8 Å². The molecule has 21 heavy (non-hydrogen) atoms. The first-order valence-electron chi connectivity index (χ1n) is 7.13. The minimum atomic E-state index is 0.595. The van der Waals surface area contributed by atoms with Crippen molar-refractivity contribution in [3.05, 3.63) is 69.3 Å². The Morgan fingerprint density at radius 2 is 1.86 bits per heavy atom. The lowest BCUT2D eigenvalue weighted by atomic mass is 10.0. The van der Waals surface area contributed by atoms with Crippen LogP contribution in [0.5, 0.6) is 0 Å². The van der Waals surface area contributed by atoms with Crippen LogP contribution in [0.3, 0.4) is 0 Å². The summed E-state index contributed by atoms with van der Waals surface area (Å²) in [6.45, 7) is 5.80. The van der Waals surface area contributed by atoms with Crippen LogP contribution in [0, 0.1) is 13.8 Å². The van der Waals surface area contributed by atoms with E-state index in [2.05, 4.69) is 76.8 Å². The summed E-state index contributed by atoms with van der Waals surface area (Å²) in [6.07, 6.45) is 0. The zero-order chi connectivity index (χ0) is 15.0. The van der Waals surface area contributed by atoms with E-state index in [4.69, 9.17) is 5.73 Å². The molecule has 3 rings (SSSR count). The van der Waals surface area contributed by atoms with E-state index in [0.29, 0.717) is 6.54 Å². The van der Waals surface area contributed by atoms with E-state index in [1.54, 1.807) is 0 Å². The minimum Gasteiger partial charge on any atom is -0.339 e. The number of aromatic nitrogens is 1. The van der Waals surface area contributed by atoms with Gasteiger partial charge in [0.2, 0.25) is 0 Å². The molecule has 0 aliphatic carbocycles. The zero-order valence-electron chi connectivity index (χ0n) is 12.4. The monoisotopic (exact) mass is 342 g/mol. The highest BCUT2D eigenvalue weighted by atomic mass is 79.9. The Morgan fingerprint density at radius 3 is 2.57 bits per heavy atom. The van der Waals surface area contributed by atoms with Crippen molar-refractivity contribution in [1.82, 2.24) is 4.57 Å². The number of benzene rings is 2. The van der Waals surface area contributed by atoms with Gasteiger partial charge < -0.3 is 10.3 Å². The highest BCUT2D eigenvalue weighted by Crippen LogP contribution is 2.31. The summed E-state index contributed by atoms with van der Waals surface area (Å²) >= 11 is 3.72. The Bertz CT molecular complexity index is 802. The SMILES string of the molecule is Cc1cc(CN)ccc1Cn1c(C)c(Br)c2ccccc21. The summed E-state index contributed by atoms with van der Waals surface area (Å²) in [5.74, 6) is 0. The number of hydrogen-bond acceptors (Lipinski definition) is 1. The van der Waals surface area contributed by atoms with Crippen molar-refractivity contribution in [2.45, 2.75) is 26.9 Å². The molecular formula is C18H19BrN2. The van der Waals surface area contributed by atoms with Crippen molar-refractivity contribution >= 4 is 26.8 Å². The Balaban J connectivity index is 2.08. The number of hydrogen-bond donors (Lipinski definition) is 1. The highest BCUT2D eigenvalue weighted by molar-refractivity contribution is 9.10. The Morgan fingerprint density at radius 1 is 1.10 bits per heavy atom. The van der Waals surface area contributed by atoms with E-state index in [9.17, 15) is 0 Å². The van der Waals surface area contributed by atoms with Crippen LogP contribution < -0.4 is 5.73 Å². The van der Waals surface area contributed by atoms with Crippen molar-refractivity contribution in [3.63, 3.8) is 0 Å². The molecule has 1 heterocycles. The number of rotatable bonds is 3. The fraction of sp³-hybridized carbons (Fsp3) is 0.222. The predicted octanol–water partition coefficient (Wildman–Crippen LogP) is 4.53. The first kappa shape index (κ1) is 14.4. The third-order valence-electron chi connectivity index (χ3n) is 4.13. The zero-order valence-corrected chi connectivity index (χ0v) is 13.9. The molecule has 3 heteroatoms. The van der Waals surface area contributed by atoms with Gasteiger partial charge in [0.05, 0.1) is 0 Å². The van der Waals surface area contributed by atoms with Crippen LogP contribution in [0.2, 0.25) is 0 Å². The third kappa shape index (κ3) is 2.52. The van der Waals surface area contributed by atoms with Crippen molar-refractivity contribution in [2.75, 3.05) is 0 Å². The molecule has 2 nitrogen and oxygen atoms in total. The number of nitrogens with zero attached hydrogens (tertiary/aromatic N) is 1. The van der Waals surface area contributed by atoms with Crippen LogP contribution in [0.4, 0.5) is 0 Å². The second-order valence-corrected chi connectivity index (χ2v) is 6.26. The molecule has 0 saturated carbocycles. The van der Waals surface area contributed by atoms with Crippen molar-refractivity contribution in [2.24, 2.45) is 5.73 Å². The fourth-order valence-electron chi connectivity index (χ4n) is 2.83. The Kier molecular flexibility index (Phi) is 3.87. The van der Waals surface area contributed by atoms with Crippen LogP contribution in [0.25, 0.3) is 10.9 Å². The van der Waals surface area contributed by atoms with Gasteiger partial charge in [0, 0.05) is 34.2 Å². The molecule has 0 saturated heterocycles. The maximum absolute atomic E-state index is 5.71. The van der Waals surface area contributed by atoms with Crippen molar-refractivity contribution in [3.8, 4) is 0 Å². The summed E-state index contributed by atoms with van der Waals surface area (Å²) in [7, 11) is 0. The normalized spacial score (nSPS) is 11.2. The average molecular weight is 343 g/mol.